The molecule has 3 aliphatic heterocycles. The third kappa shape index (κ3) is 1.61. The van der Waals surface area contributed by atoms with Crippen LogP contribution in [0, 0.1) is 5.92 Å². The summed E-state index contributed by atoms with van der Waals surface area (Å²) in [5.74, 6) is -1.92. The van der Waals surface area contributed by atoms with Gasteiger partial charge in [-0.25, -0.2) is 0 Å². The number of cyclic esters (lactones) is 1. The van der Waals surface area contributed by atoms with Crippen molar-refractivity contribution in [2.45, 2.75) is 30.8 Å². The van der Waals surface area contributed by atoms with Crippen LogP contribution in [0.4, 0.5) is 0 Å². The van der Waals surface area contributed by atoms with Crippen molar-refractivity contribution in [2.75, 3.05) is 13.7 Å². The summed E-state index contributed by atoms with van der Waals surface area (Å²) >= 11 is 0. The van der Waals surface area contributed by atoms with E-state index in [-0.39, 0.29) is 23.9 Å². The van der Waals surface area contributed by atoms with Crippen LogP contribution in [0.2, 0.25) is 0 Å². The van der Waals surface area contributed by atoms with Crippen molar-refractivity contribution in [3.05, 3.63) is 23.8 Å². The van der Waals surface area contributed by atoms with Crippen LogP contribution in [-0.4, -0.2) is 48.1 Å². The fourth-order valence-electron chi connectivity index (χ4n) is 3.63. The van der Waals surface area contributed by atoms with Gasteiger partial charge in [0.1, 0.15) is 23.2 Å². The summed E-state index contributed by atoms with van der Waals surface area (Å²) in [5.41, 5.74) is -1.10. The van der Waals surface area contributed by atoms with Crippen molar-refractivity contribution < 1.29 is 33.6 Å². The number of ketones is 1. The van der Waals surface area contributed by atoms with Gasteiger partial charge in [0.2, 0.25) is 11.4 Å². The number of fused-ring (bicyclic) bond motifs is 1. The van der Waals surface area contributed by atoms with E-state index in [1.54, 1.807) is 18.2 Å². The monoisotopic (exact) mass is 320 g/mol. The van der Waals surface area contributed by atoms with E-state index in [0.29, 0.717) is 11.5 Å². The van der Waals surface area contributed by atoms with E-state index in [0.717, 1.165) is 0 Å². The second-order valence-corrected chi connectivity index (χ2v) is 6.12. The van der Waals surface area contributed by atoms with Crippen LogP contribution in [0.5, 0.6) is 11.5 Å². The lowest BCUT2D eigenvalue weighted by molar-refractivity contribution is -0.145. The van der Waals surface area contributed by atoms with Gasteiger partial charge in [-0.3, -0.25) is 9.59 Å². The summed E-state index contributed by atoms with van der Waals surface area (Å²) in [4.78, 5) is 24.5. The van der Waals surface area contributed by atoms with Crippen molar-refractivity contribution in [3.8, 4) is 11.5 Å². The topological polar surface area (TPSA) is 94.6 Å². The number of hydrogen-bond acceptors (Lipinski definition) is 7. The van der Waals surface area contributed by atoms with E-state index in [9.17, 15) is 14.7 Å². The Morgan fingerprint density at radius 2 is 2.17 bits per heavy atom. The van der Waals surface area contributed by atoms with Gasteiger partial charge in [0.05, 0.1) is 20.1 Å². The number of esters is 1. The Bertz CT molecular complexity index is 714. The van der Waals surface area contributed by atoms with Crippen LogP contribution >= 0.6 is 0 Å². The van der Waals surface area contributed by atoms with E-state index in [4.69, 9.17) is 18.9 Å². The Morgan fingerprint density at radius 1 is 1.39 bits per heavy atom. The van der Waals surface area contributed by atoms with Crippen molar-refractivity contribution in [3.63, 3.8) is 0 Å². The lowest BCUT2D eigenvalue weighted by Crippen LogP contribution is -2.47. The highest BCUT2D eigenvalue weighted by atomic mass is 16.8. The van der Waals surface area contributed by atoms with Gasteiger partial charge in [0.15, 0.2) is 0 Å². The minimum Gasteiger partial charge on any atom is -0.496 e. The smallest absolute Gasteiger partial charge is 0.312 e. The molecule has 1 N–H and O–H groups in total. The van der Waals surface area contributed by atoms with Gasteiger partial charge in [0.25, 0.3) is 0 Å². The molecule has 0 bridgehead atoms. The molecule has 1 spiro atoms. The van der Waals surface area contributed by atoms with E-state index < -0.39 is 29.9 Å². The predicted octanol–water partition coefficient (Wildman–Crippen LogP) is 0.679. The van der Waals surface area contributed by atoms with Crippen LogP contribution < -0.4 is 9.47 Å². The second kappa shape index (κ2) is 4.46. The van der Waals surface area contributed by atoms with Crippen LogP contribution in [-0.2, 0) is 14.3 Å². The van der Waals surface area contributed by atoms with Gasteiger partial charge < -0.3 is 24.1 Å². The standard InChI is InChI=1S/C16H16O7/c1-8-6-11(18)21-14(8)15(7-17)16(23-15)13(19)12-9(20-2)4-3-5-10(12)22-16/h3-5,8,14,17H,6-7H2,1-2H3/t8-,14-,15+,16+/m1/s1. The van der Waals surface area contributed by atoms with Gasteiger partial charge in [-0.15, -0.1) is 0 Å². The number of carbonyl (C=O) groups excluding carboxylic acids is 2. The van der Waals surface area contributed by atoms with Crippen LogP contribution in [0.1, 0.15) is 23.7 Å². The number of ether oxygens (including phenoxy) is 4. The first-order chi connectivity index (χ1) is 11.0. The maximum Gasteiger partial charge on any atom is 0.312 e. The number of methoxy groups -OCH3 is 1. The molecule has 0 aliphatic carbocycles. The lowest BCUT2D eigenvalue weighted by Gasteiger charge is -2.21. The molecule has 2 fully saturated rings. The normalized spacial score (nSPS) is 37.5. The van der Waals surface area contributed by atoms with Crippen LogP contribution in [0.15, 0.2) is 18.2 Å². The minimum absolute atomic E-state index is 0.184. The first kappa shape index (κ1) is 14.5. The quantitative estimate of drug-likeness (QED) is 0.646. The van der Waals surface area contributed by atoms with Crippen LogP contribution in [0.25, 0.3) is 0 Å². The molecule has 23 heavy (non-hydrogen) atoms. The summed E-state index contributed by atoms with van der Waals surface area (Å²) < 4.78 is 21.9. The number of aliphatic hydroxyl groups excluding tert-OH is 1. The van der Waals surface area contributed by atoms with Crippen molar-refractivity contribution in [2.24, 2.45) is 5.92 Å². The van der Waals surface area contributed by atoms with E-state index in [1.807, 2.05) is 6.92 Å². The average Bonchev–Trinajstić information content (AvgIpc) is 2.93. The Hall–Kier alpha value is -2.12. The molecular weight excluding hydrogens is 304 g/mol. The third-order valence-corrected chi connectivity index (χ3v) is 4.79. The molecule has 0 aromatic heterocycles. The van der Waals surface area contributed by atoms with E-state index in [1.165, 1.54) is 7.11 Å². The Kier molecular flexibility index (Phi) is 2.80. The van der Waals surface area contributed by atoms with Gasteiger partial charge in [-0.05, 0) is 12.1 Å². The fourth-order valence-corrected chi connectivity index (χ4v) is 3.63. The first-order valence-electron chi connectivity index (χ1n) is 7.40. The minimum atomic E-state index is -1.65. The molecule has 0 amide bonds. The van der Waals surface area contributed by atoms with Gasteiger partial charge >= 0.3 is 11.8 Å². The molecule has 3 heterocycles. The second-order valence-electron chi connectivity index (χ2n) is 6.12. The zero-order valence-electron chi connectivity index (χ0n) is 12.7. The first-order valence-corrected chi connectivity index (χ1v) is 7.40. The largest absolute Gasteiger partial charge is 0.496 e. The predicted molar refractivity (Wildman–Crippen MR) is 75.2 cm³/mol. The molecule has 0 saturated carbocycles. The molecule has 1 aromatic carbocycles. The maximum absolute atomic E-state index is 12.9. The Labute approximate surface area is 132 Å². The summed E-state index contributed by atoms with van der Waals surface area (Å²) in [6.07, 6.45) is -0.514. The number of rotatable bonds is 3. The highest BCUT2D eigenvalue weighted by molar-refractivity contribution is 6.11. The molecule has 7 nitrogen and oxygen atoms in total. The highest BCUT2D eigenvalue weighted by Gasteiger charge is 2.85. The Balaban J connectivity index is 1.75. The molecule has 1 aromatic rings. The molecule has 3 aliphatic rings. The zero-order chi connectivity index (χ0) is 16.4. The summed E-state index contributed by atoms with van der Waals surface area (Å²) in [6.45, 7) is 1.33. The SMILES string of the molecule is COc1cccc2c1C(=O)[C@]1(O2)O[C@@]1(CO)[C@@H]1OC(=O)C[C@H]1C. The molecule has 122 valence electrons. The molecule has 2 saturated heterocycles. The molecule has 4 rings (SSSR count). The van der Waals surface area contributed by atoms with Crippen molar-refractivity contribution >= 4 is 11.8 Å². The number of benzene rings is 1. The summed E-state index contributed by atoms with van der Waals surface area (Å²) in [6, 6.07) is 4.99. The van der Waals surface area contributed by atoms with Crippen LogP contribution in [0.3, 0.4) is 0 Å². The van der Waals surface area contributed by atoms with E-state index in [2.05, 4.69) is 0 Å². The average molecular weight is 320 g/mol. The third-order valence-electron chi connectivity index (χ3n) is 4.79. The lowest BCUT2D eigenvalue weighted by atomic mass is 9.86. The number of hydrogen-bond donors (Lipinski definition) is 1. The summed E-state index contributed by atoms with van der Waals surface area (Å²) in [5, 5.41) is 9.89. The highest BCUT2D eigenvalue weighted by Crippen LogP contribution is 2.61. The number of aliphatic hydroxyl groups is 1. The number of carbonyl (C=O) groups is 2. The number of epoxide rings is 1. The van der Waals surface area contributed by atoms with Crippen molar-refractivity contribution in [1.29, 1.82) is 0 Å². The zero-order valence-corrected chi connectivity index (χ0v) is 12.7. The fraction of sp³-hybridized carbons (Fsp3) is 0.500. The van der Waals surface area contributed by atoms with Gasteiger partial charge in [-0.1, -0.05) is 13.0 Å². The van der Waals surface area contributed by atoms with Crippen molar-refractivity contribution in [1.82, 2.24) is 0 Å². The Morgan fingerprint density at radius 3 is 2.78 bits per heavy atom. The maximum atomic E-state index is 12.9. The molecule has 4 atom stereocenters. The molecule has 0 unspecified atom stereocenters. The van der Waals surface area contributed by atoms with Gasteiger partial charge in [-0.2, -0.15) is 0 Å². The molecule has 0 radical (unpaired) electrons. The molecular formula is C16H16O7. The summed E-state index contributed by atoms with van der Waals surface area (Å²) in [7, 11) is 1.46. The van der Waals surface area contributed by atoms with E-state index >= 15 is 0 Å². The van der Waals surface area contributed by atoms with Gasteiger partial charge in [0, 0.05) is 5.92 Å². The number of Topliss-reactive ketones (excluding diaryl/α,β-unsaturated/α-hetero) is 1. The molecule has 7 heteroatoms.